The number of para-hydroxylation sites is 1. The van der Waals surface area contributed by atoms with Gasteiger partial charge in [-0.2, -0.15) is 5.10 Å². The van der Waals surface area contributed by atoms with Crippen LogP contribution in [0.2, 0.25) is 0 Å². The predicted molar refractivity (Wildman–Crippen MR) is 96.6 cm³/mol. The maximum atomic E-state index is 12.2. The van der Waals surface area contributed by atoms with E-state index >= 15 is 0 Å². The van der Waals surface area contributed by atoms with Crippen molar-refractivity contribution in [1.29, 1.82) is 0 Å². The van der Waals surface area contributed by atoms with E-state index < -0.39 is 0 Å². The Morgan fingerprint density at radius 2 is 1.92 bits per heavy atom. The Bertz CT molecular complexity index is 782. The summed E-state index contributed by atoms with van der Waals surface area (Å²) in [6.07, 6.45) is 1.21. The van der Waals surface area contributed by atoms with Gasteiger partial charge in [0, 0.05) is 18.9 Å². The van der Waals surface area contributed by atoms with Gasteiger partial charge in [-0.05, 0) is 38.3 Å². The van der Waals surface area contributed by atoms with E-state index in [-0.39, 0.29) is 24.2 Å². The number of nitrogens with zero attached hydrogens (tertiary/aromatic N) is 2. The first-order valence-corrected chi connectivity index (χ1v) is 8.66. The topological polar surface area (TPSA) is 76.0 Å². The van der Waals surface area contributed by atoms with Gasteiger partial charge in [0.2, 0.25) is 11.8 Å². The molecule has 0 radical (unpaired) electrons. The van der Waals surface area contributed by atoms with Crippen LogP contribution in [0.1, 0.15) is 31.2 Å². The SMILES string of the molecule is Cc1nn(-c2ccccc2)c(C)c1NC(=O)CCNC(=O)[C@@H]1C[C@@H]1C. The fourth-order valence-electron chi connectivity index (χ4n) is 2.96. The maximum absolute atomic E-state index is 12.2. The first-order valence-electron chi connectivity index (χ1n) is 8.66. The fraction of sp³-hybridized carbons (Fsp3) is 0.421. The molecular formula is C19H24N4O2. The number of nitrogens with one attached hydrogen (secondary N) is 2. The number of benzene rings is 1. The highest BCUT2D eigenvalue weighted by Gasteiger charge is 2.38. The Hall–Kier alpha value is -2.63. The summed E-state index contributed by atoms with van der Waals surface area (Å²) in [7, 11) is 0. The third kappa shape index (κ3) is 3.90. The second-order valence-corrected chi connectivity index (χ2v) is 6.70. The molecule has 2 aromatic rings. The number of amides is 2. The third-order valence-corrected chi connectivity index (χ3v) is 4.65. The zero-order chi connectivity index (χ0) is 18.0. The molecule has 0 aliphatic heterocycles. The Balaban J connectivity index is 1.58. The zero-order valence-electron chi connectivity index (χ0n) is 14.9. The summed E-state index contributed by atoms with van der Waals surface area (Å²) in [5.74, 6) is 0.548. The number of rotatable bonds is 6. The Labute approximate surface area is 147 Å². The summed E-state index contributed by atoms with van der Waals surface area (Å²) in [4.78, 5) is 24.0. The first-order chi connectivity index (χ1) is 12.0. The third-order valence-electron chi connectivity index (χ3n) is 4.65. The number of aryl methyl sites for hydroxylation is 1. The second-order valence-electron chi connectivity index (χ2n) is 6.70. The van der Waals surface area contributed by atoms with Crippen LogP contribution in [0.4, 0.5) is 5.69 Å². The van der Waals surface area contributed by atoms with Gasteiger partial charge in [0.25, 0.3) is 0 Å². The molecule has 1 heterocycles. The minimum atomic E-state index is -0.122. The van der Waals surface area contributed by atoms with Gasteiger partial charge in [-0.15, -0.1) is 0 Å². The number of hydrogen-bond donors (Lipinski definition) is 2. The lowest BCUT2D eigenvalue weighted by atomic mass is 10.2. The average Bonchev–Trinajstić information content (AvgIpc) is 3.27. The van der Waals surface area contributed by atoms with Crippen LogP contribution in [0.25, 0.3) is 5.69 Å². The Kier molecular flexibility index (Phi) is 4.88. The van der Waals surface area contributed by atoms with Crippen molar-refractivity contribution in [2.75, 3.05) is 11.9 Å². The number of aromatic nitrogens is 2. The van der Waals surface area contributed by atoms with E-state index in [2.05, 4.69) is 22.7 Å². The van der Waals surface area contributed by atoms with Crippen molar-refractivity contribution in [1.82, 2.24) is 15.1 Å². The largest absolute Gasteiger partial charge is 0.355 e. The Morgan fingerprint density at radius 1 is 1.24 bits per heavy atom. The maximum Gasteiger partial charge on any atom is 0.226 e. The van der Waals surface area contributed by atoms with Crippen LogP contribution >= 0.6 is 0 Å². The molecule has 0 unspecified atom stereocenters. The van der Waals surface area contributed by atoms with Gasteiger partial charge in [0.1, 0.15) is 0 Å². The predicted octanol–water partition coefficient (Wildman–Crippen LogP) is 2.59. The van der Waals surface area contributed by atoms with Crippen molar-refractivity contribution in [3.8, 4) is 5.69 Å². The molecule has 2 atom stereocenters. The normalized spacial score (nSPS) is 18.7. The second kappa shape index (κ2) is 7.09. The summed E-state index contributed by atoms with van der Waals surface area (Å²) in [5, 5.41) is 10.3. The number of anilines is 1. The van der Waals surface area contributed by atoms with Gasteiger partial charge in [0.15, 0.2) is 0 Å². The first kappa shape index (κ1) is 17.2. The minimum absolute atomic E-state index is 0.0598. The minimum Gasteiger partial charge on any atom is -0.355 e. The molecule has 2 N–H and O–H groups in total. The molecule has 1 fully saturated rings. The summed E-state index contributed by atoms with van der Waals surface area (Å²) in [6, 6.07) is 9.80. The van der Waals surface area contributed by atoms with Crippen molar-refractivity contribution >= 4 is 17.5 Å². The van der Waals surface area contributed by atoms with Crippen LogP contribution in [-0.4, -0.2) is 28.1 Å². The molecule has 25 heavy (non-hydrogen) atoms. The van der Waals surface area contributed by atoms with E-state index in [4.69, 9.17) is 0 Å². The number of carbonyl (C=O) groups is 2. The lowest BCUT2D eigenvalue weighted by Crippen LogP contribution is -2.29. The molecule has 1 saturated carbocycles. The number of hydrogen-bond acceptors (Lipinski definition) is 3. The van der Waals surface area contributed by atoms with E-state index in [1.807, 2.05) is 48.9 Å². The molecule has 0 saturated heterocycles. The lowest BCUT2D eigenvalue weighted by molar-refractivity contribution is -0.122. The molecule has 1 aliphatic rings. The lowest BCUT2D eigenvalue weighted by Gasteiger charge is -2.08. The fourth-order valence-corrected chi connectivity index (χ4v) is 2.96. The van der Waals surface area contributed by atoms with Gasteiger partial charge in [-0.3, -0.25) is 9.59 Å². The van der Waals surface area contributed by atoms with Gasteiger partial charge >= 0.3 is 0 Å². The zero-order valence-corrected chi connectivity index (χ0v) is 14.9. The summed E-state index contributed by atoms with van der Waals surface area (Å²) < 4.78 is 1.82. The van der Waals surface area contributed by atoms with Crippen molar-refractivity contribution < 1.29 is 9.59 Å². The van der Waals surface area contributed by atoms with E-state index in [1.165, 1.54) is 0 Å². The highest BCUT2D eigenvalue weighted by atomic mass is 16.2. The van der Waals surface area contributed by atoms with E-state index in [0.717, 1.165) is 29.2 Å². The molecular weight excluding hydrogens is 316 g/mol. The standard InChI is InChI=1S/C19H24N4O2/c1-12-11-16(12)19(25)20-10-9-17(24)21-18-13(2)22-23(14(18)3)15-7-5-4-6-8-15/h4-8,12,16H,9-11H2,1-3H3,(H,20,25)(H,21,24)/t12-,16+/m0/s1. The van der Waals surface area contributed by atoms with Crippen molar-refractivity contribution in [2.24, 2.45) is 11.8 Å². The van der Waals surface area contributed by atoms with Crippen molar-refractivity contribution in [3.63, 3.8) is 0 Å². The highest BCUT2D eigenvalue weighted by Crippen LogP contribution is 2.37. The molecule has 132 valence electrons. The van der Waals surface area contributed by atoms with Gasteiger partial charge in [-0.25, -0.2) is 4.68 Å². The van der Waals surface area contributed by atoms with Crippen LogP contribution in [0.5, 0.6) is 0 Å². The van der Waals surface area contributed by atoms with E-state index in [0.29, 0.717) is 12.5 Å². The van der Waals surface area contributed by atoms with Crippen molar-refractivity contribution in [3.05, 3.63) is 41.7 Å². The van der Waals surface area contributed by atoms with Gasteiger partial charge in [0.05, 0.1) is 22.8 Å². The van der Waals surface area contributed by atoms with E-state index in [9.17, 15) is 9.59 Å². The molecule has 1 aromatic carbocycles. The van der Waals surface area contributed by atoms with Gasteiger partial charge < -0.3 is 10.6 Å². The Morgan fingerprint density at radius 3 is 2.56 bits per heavy atom. The molecule has 6 heteroatoms. The van der Waals surface area contributed by atoms with E-state index in [1.54, 1.807) is 0 Å². The van der Waals surface area contributed by atoms with Crippen LogP contribution in [-0.2, 0) is 9.59 Å². The molecule has 0 spiro atoms. The molecule has 1 aromatic heterocycles. The number of carbonyl (C=O) groups excluding carboxylic acids is 2. The molecule has 0 bridgehead atoms. The van der Waals surface area contributed by atoms with Crippen LogP contribution in [0.3, 0.4) is 0 Å². The van der Waals surface area contributed by atoms with Crippen LogP contribution < -0.4 is 10.6 Å². The molecule has 6 nitrogen and oxygen atoms in total. The molecule has 3 rings (SSSR count). The molecule has 2 amide bonds. The van der Waals surface area contributed by atoms with Gasteiger partial charge in [-0.1, -0.05) is 25.1 Å². The molecule has 1 aliphatic carbocycles. The average molecular weight is 340 g/mol. The van der Waals surface area contributed by atoms with Crippen LogP contribution in [0, 0.1) is 25.7 Å². The van der Waals surface area contributed by atoms with Crippen molar-refractivity contribution in [2.45, 2.75) is 33.6 Å². The summed E-state index contributed by atoms with van der Waals surface area (Å²) >= 11 is 0. The highest BCUT2D eigenvalue weighted by molar-refractivity contribution is 5.92. The quantitative estimate of drug-likeness (QED) is 0.849. The summed E-state index contributed by atoms with van der Waals surface area (Å²) in [6.45, 7) is 6.23. The summed E-state index contributed by atoms with van der Waals surface area (Å²) in [5.41, 5.74) is 3.34. The monoisotopic (exact) mass is 340 g/mol. The smallest absolute Gasteiger partial charge is 0.226 e. The van der Waals surface area contributed by atoms with Crippen LogP contribution in [0.15, 0.2) is 30.3 Å².